The van der Waals surface area contributed by atoms with Gasteiger partial charge in [0.15, 0.2) is 5.58 Å². The van der Waals surface area contributed by atoms with Gasteiger partial charge in [0.2, 0.25) is 0 Å². The smallest absolute Gasteiger partial charge is 0.298 e. The first-order valence-corrected chi connectivity index (χ1v) is 6.13. The first-order valence-electron chi connectivity index (χ1n) is 6.13. The van der Waals surface area contributed by atoms with Gasteiger partial charge in [0.05, 0.1) is 0 Å². The first kappa shape index (κ1) is 10.4. The zero-order chi connectivity index (χ0) is 11.8. The fraction of sp³-hybridized carbons (Fsp3) is 0.462. The highest BCUT2D eigenvalue weighted by molar-refractivity contribution is 5.78. The number of anilines is 2. The molecule has 0 bridgehead atoms. The zero-order valence-electron chi connectivity index (χ0n) is 10.0. The lowest BCUT2D eigenvalue weighted by Gasteiger charge is -2.29. The van der Waals surface area contributed by atoms with E-state index in [9.17, 15) is 0 Å². The number of piperidine rings is 1. The average Bonchev–Trinajstić information content (AvgIpc) is 2.72. The van der Waals surface area contributed by atoms with Gasteiger partial charge in [-0.05, 0) is 30.9 Å². The number of oxazole rings is 1. The van der Waals surface area contributed by atoms with E-state index in [2.05, 4.69) is 16.8 Å². The highest BCUT2D eigenvalue weighted by Gasteiger charge is 2.20. The van der Waals surface area contributed by atoms with Crippen LogP contribution in [0.1, 0.15) is 19.8 Å². The molecule has 1 aromatic heterocycles. The topological polar surface area (TPSA) is 55.3 Å². The van der Waals surface area contributed by atoms with E-state index in [1.807, 2.05) is 18.2 Å². The van der Waals surface area contributed by atoms with Crippen LogP contribution in [0.3, 0.4) is 0 Å². The maximum absolute atomic E-state index is 5.77. The minimum Gasteiger partial charge on any atom is -0.423 e. The lowest BCUT2D eigenvalue weighted by molar-refractivity contribution is 0.421. The Labute approximate surface area is 100 Å². The van der Waals surface area contributed by atoms with Crippen molar-refractivity contribution in [2.75, 3.05) is 23.7 Å². The molecular formula is C13H17N3O. The van der Waals surface area contributed by atoms with Crippen molar-refractivity contribution in [1.82, 2.24) is 4.98 Å². The van der Waals surface area contributed by atoms with Crippen LogP contribution >= 0.6 is 0 Å². The SMILES string of the molecule is CC1CCCN(c2nc3ccc(N)cc3o2)C1. The van der Waals surface area contributed by atoms with Crippen molar-refractivity contribution >= 4 is 22.8 Å². The summed E-state index contributed by atoms with van der Waals surface area (Å²) in [5, 5.41) is 0. The number of benzene rings is 1. The predicted octanol–water partition coefficient (Wildman–Crippen LogP) is 2.65. The molecule has 0 spiro atoms. The molecule has 1 atom stereocenters. The van der Waals surface area contributed by atoms with E-state index < -0.39 is 0 Å². The first-order chi connectivity index (χ1) is 8.22. The van der Waals surface area contributed by atoms with Crippen LogP contribution in [0.5, 0.6) is 0 Å². The molecule has 1 aliphatic rings. The van der Waals surface area contributed by atoms with Crippen LogP contribution in [0.15, 0.2) is 22.6 Å². The van der Waals surface area contributed by atoms with Crippen LogP contribution < -0.4 is 10.6 Å². The molecule has 0 aliphatic carbocycles. The average molecular weight is 231 g/mol. The Bertz CT molecular complexity index is 534. The Morgan fingerprint density at radius 2 is 2.35 bits per heavy atom. The lowest BCUT2D eigenvalue weighted by Crippen LogP contribution is -2.34. The van der Waals surface area contributed by atoms with Gasteiger partial charge < -0.3 is 15.1 Å². The van der Waals surface area contributed by atoms with Crippen molar-refractivity contribution in [3.8, 4) is 0 Å². The normalized spacial score (nSPS) is 21.0. The summed E-state index contributed by atoms with van der Waals surface area (Å²) in [6.07, 6.45) is 2.51. The van der Waals surface area contributed by atoms with Gasteiger partial charge in [-0.15, -0.1) is 0 Å². The molecule has 3 rings (SSSR count). The number of nitrogens with zero attached hydrogens (tertiary/aromatic N) is 2. The van der Waals surface area contributed by atoms with Crippen LogP contribution in [-0.4, -0.2) is 18.1 Å². The third-order valence-corrected chi connectivity index (χ3v) is 3.33. The van der Waals surface area contributed by atoms with Gasteiger partial charge in [0, 0.05) is 24.8 Å². The summed E-state index contributed by atoms with van der Waals surface area (Å²) in [6, 6.07) is 6.33. The van der Waals surface area contributed by atoms with Gasteiger partial charge in [-0.1, -0.05) is 6.92 Å². The van der Waals surface area contributed by atoms with E-state index in [4.69, 9.17) is 10.2 Å². The van der Waals surface area contributed by atoms with E-state index in [0.29, 0.717) is 11.6 Å². The minimum absolute atomic E-state index is 0.712. The van der Waals surface area contributed by atoms with Gasteiger partial charge in [0.25, 0.3) is 6.01 Å². The van der Waals surface area contributed by atoms with Crippen molar-refractivity contribution < 1.29 is 4.42 Å². The Kier molecular flexibility index (Phi) is 2.42. The van der Waals surface area contributed by atoms with Crippen molar-refractivity contribution in [3.05, 3.63) is 18.2 Å². The number of rotatable bonds is 1. The Balaban J connectivity index is 1.94. The van der Waals surface area contributed by atoms with E-state index in [-0.39, 0.29) is 0 Å². The minimum atomic E-state index is 0.712. The molecule has 0 saturated carbocycles. The summed E-state index contributed by atoms with van der Waals surface area (Å²) in [4.78, 5) is 6.74. The number of hydrogen-bond donors (Lipinski definition) is 1. The molecule has 4 nitrogen and oxygen atoms in total. The van der Waals surface area contributed by atoms with Crippen molar-refractivity contribution in [3.63, 3.8) is 0 Å². The van der Waals surface area contributed by atoms with Crippen LogP contribution in [0.2, 0.25) is 0 Å². The molecule has 0 radical (unpaired) electrons. The van der Waals surface area contributed by atoms with Gasteiger partial charge in [-0.2, -0.15) is 4.98 Å². The summed E-state index contributed by atoms with van der Waals surface area (Å²) in [5.41, 5.74) is 8.11. The molecule has 0 amide bonds. The predicted molar refractivity (Wildman–Crippen MR) is 69.0 cm³/mol. The monoisotopic (exact) mass is 231 g/mol. The quantitative estimate of drug-likeness (QED) is 0.766. The molecular weight excluding hydrogens is 214 g/mol. The van der Waals surface area contributed by atoms with E-state index in [1.165, 1.54) is 12.8 Å². The second kappa shape index (κ2) is 3.95. The maximum atomic E-state index is 5.77. The zero-order valence-corrected chi connectivity index (χ0v) is 10.0. The lowest BCUT2D eigenvalue weighted by atomic mass is 10.0. The van der Waals surface area contributed by atoms with Gasteiger partial charge in [-0.25, -0.2) is 0 Å². The summed E-state index contributed by atoms with van der Waals surface area (Å²) in [5.74, 6) is 0.712. The number of hydrogen-bond acceptors (Lipinski definition) is 4. The van der Waals surface area contributed by atoms with E-state index in [0.717, 1.165) is 30.2 Å². The molecule has 1 aliphatic heterocycles. The van der Waals surface area contributed by atoms with Crippen molar-refractivity contribution in [1.29, 1.82) is 0 Å². The highest BCUT2D eigenvalue weighted by Crippen LogP contribution is 2.27. The summed E-state index contributed by atoms with van der Waals surface area (Å²) in [6.45, 7) is 4.34. The Hall–Kier alpha value is -1.71. The summed E-state index contributed by atoms with van der Waals surface area (Å²) < 4.78 is 5.77. The maximum Gasteiger partial charge on any atom is 0.298 e. The van der Waals surface area contributed by atoms with Gasteiger partial charge in [0.1, 0.15) is 5.52 Å². The molecule has 1 aromatic carbocycles. The molecule has 2 heterocycles. The molecule has 4 heteroatoms. The molecule has 17 heavy (non-hydrogen) atoms. The second-order valence-corrected chi connectivity index (χ2v) is 4.92. The van der Waals surface area contributed by atoms with Crippen LogP contribution in [-0.2, 0) is 0 Å². The van der Waals surface area contributed by atoms with Gasteiger partial charge >= 0.3 is 0 Å². The van der Waals surface area contributed by atoms with Crippen LogP contribution in [0.25, 0.3) is 11.1 Å². The third-order valence-electron chi connectivity index (χ3n) is 3.33. The molecule has 1 fully saturated rings. The van der Waals surface area contributed by atoms with Crippen molar-refractivity contribution in [2.45, 2.75) is 19.8 Å². The Morgan fingerprint density at radius 3 is 3.18 bits per heavy atom. The van der Waals surface area contributed by atoms with E-state index >= 15 is 0 Å². The molecule has 2 aromatic rings. The van der Waals surface area contributed by atoms with E-state index in [1.54, 1.807) is 0 Å². The second-order valence-electron chi connectivity index (χ2n) is 4.92. The number of fused-ring (bicyclic) bond motifs is 1. The number of nitrogens with two attached hydrogens (primary N) is 1. The van der Waals surface area contributed by atoms with Crippen LogP contribution in [0.4, 0.5) is 11.7 Å². The fourth-order valence-corrected chi connectivity index (χ4v) is 2.43. The molecule has 2 N–H and O–H groups in total. The Morgan fingerprint density at radius 1 is 1.47 bits per heavy atom. The molecule has 1 unspecified atom stereocenters. The largest absolute Gasteiger partial charge is 0.423 e. The van der Waals surface area contributed by atoms with Crippen LogP contribution in [0, 0.1) is 5.92 Å². The molecule has 90 valence electrons. The summed E-state index contributed by atoms with van der Waals surface area (Å²) >= 11 is 0. The highest BCUT2D eigenvalue weighted by atomic mass is 16.4. The molecule has 1 saturated heterocycles. The van der Waals surface area contributed by atoms with Gasteiger partial charge in [-0.3, -0.25) is 0 Å². The summed E-state index contributed by atoms with van der Waals surface area (Å²) in [7, 11) is 0. The number of aromatic nitrogens is 1. The fourth-order valence-electron chi connectivity index (χ4n) is 2.43. The third kappa shape index (κ3) is 1.95. The van der Waals surface area contributed by atoms with Crippen molar-refractivity contribution in [2.24, 2.45) is 5.92 Å². The number of nitrogen functional groups attached to an aromatic ring is 1. The standard InChI is InChI=1S/C13H17N3O/c1-9-3-2-6-16(8-9)13-15-11-5-4-10(14)7-12(11)17-13/h4-5,7,9H,2-3,6,8,14H2,1H3.